The Bertz CT molecular complexity index is 1160. The highest BCUT2D eigenvalue weighted by molar-refractivity contribution is 5.91. The van der Waals surface area contributed by atoms with Gasteiger partial charge in [0.05, 0.1) is 20.3 Å². The van der Waals surface area contributed by atoms with E-state index in [2.05, 4.69) is 36.2 Å². The molecule has 1 saturated heterocycles. The fourth-order valence-corrected chi connectivity index (χ4v) is 5.29. The van der Waals surface area contributed by atoms with Crippen LogP contribution in [0.4, 0.5) is 0 Å². The summed E-state index contributed by atoms with van der Waals surface area (Å²) in [7, 11) is 3.31. The normalized spacial score (nSPS) is 15.4. The molecule has 1 aromatic heterocycles. The number of nitrogens with zero attached hydrogens (tertiary/aromatic N) is 1. The van der Waals surface area contributed by atoms with Crippen LogP contribution in [0.5, 0.6) is 11.5 Å². The Kier molecular flexibility index (Phi) is 8.01. The summed E-state index contributed by atoms with van der Waals surface area (Å²) in [5.74, 6) is 2.13. The first-order chi connectivity index (χ1) is 16.9. The summed E-state index contributed by atoms with van der Waals surface area (Å²) in [5.41, 5.74) is 6.00. The van der Waals surface area contributed by atoms with Gasteiger partial charge < -0.3 is 24.5 Å². The van der Waals surface area contributed by atoms with Crippen LogP contribution in [0.25, 0.3) is 22.2 Å². The van der Waals surface area contributed by atoms with Crippen molar-refractivity contribution in [3.05, 3.63) is 47.5 Å². The smallest absolute Gasteiger partial charge is 0.222 e. The van der Waals surface area contributed by atoms with Gasteiger partial charge in [-0.05, 0) is 86.4 Å². The van der Waals surface area contributed by atoms with E-state index in [4.69, 9.17) is 9.47 Å². The van der Waals surface area contributed by atoms with Crippen molar-refractivity contribution in [2.75, 3.05) is 27.3 Å². The molecule has 0 bridgehead atoms. The van der Waals surface area contributed by atoms with Gasteiger partial charge in [-0.15, -0.1) is 0 Å². The number of amides is 1. The number of aryl methyl sites for hydroxylation is 1. The highest BCUT2D eigenvalue weighted by atomic mass is 16.5. The van der Waals surface area contributed by atoms with Crippen molar-refractivity contribution in [3.8, 4) is 22.8 Å². The number of hydrogen-bond donors (Lipinski definition) is 2. The molecule has 35 heavy (non-hydrogen) atoms. The molecule has 1 fully saturated rings. The molecule has 2 heterocycles. The molecule has 188 valence electrons. The van der Waals surface area contributed by atoms with Gasteiger partial charge in [-0.2, -0.15) is 0 Å². The van der Waals surface area contributed by atoms with Crippen molar-refractivity contribution >= 4 is 16.8 Å². The van der Waals surface area contributed by atoms with Crippen LogP contribution in [0.1, 0.15) is 63.0 Å². The monoisotopic (exact) mass is 478 g/mol. The highest BCUT2D eigenvalue weighted by Crippen LogP contribution is 2.38. The van der Waals surface area contributed by atoms with E-state index >= 15 is 0 Å². The molecule has 0 aliphatic carbocycles. The Morgan fingerprint density at radius 2 is 1.86 bits per heavy atom. The zero-order chi connectivity index (χ0) is 24.9. The number of likely N-dealkylation sites (tertiary alicyclic amines) is 1. The molecule has 1 atom stereocenters. The van der Waals surface area contributed by atoms with E-state index in [1.165, 1.54) is 16.5 Å². The molecule has 0 saturated carbocycles. The number of aliphatic hydroxyl groups excluding tert-OH is 1. The lowest BCUT2D eigenvalue weighted by molar-refractivity contribution is -0.132. The third-order valence-corrected chi connectivity index (χ3v) is 7.29. The Morgan fingerprint density at radius 3 is 2.51 bits per heavy atom. The summed E-state index contributed by atoms with van der Waals surface area (Å²) < 4.78 is 10.9. The topological polar surface area (TPSA) is 74.8 Å². The largest absolute Gasteiger partial charge is 0.493 e. The number of carbonyl (C=O) groups is 1. The molecule has 6 heteroatoms. The third kappa shape index (κ3) is 5.48. The number of benzene rings is 2. The quantitative estimate of drug-likeness (QED) is 0.415. The van der Waals surface area contributed by atoms with Gasteiger partial charge in [0.1, 0.15) is 0 Å². The summed E-state index contributed by atoms with van der Waals surface area (Å²) in [6.45, 7) is 5.58. The van der Waals surface area contributed by atoms with Crippen LogP contribution in [-0.4, -0.2) is 54.3 Å². The lowest BCUT2D eigenvalue weighted by atomic mass is 9.88. The predicted molar refractivity (Wildman–Crippen MR) is 140 cm³/mol. The number of aromatic nitrogens is 1. The number of carbonyl (C=O) groups excluding carboxylic acids is 1. The van der Waals surface area contributed by atoms with Crippen molar-refractivity contribution in [2.24, 2.45) is 0 Å². The van der Waals surface area contributed by atoms with E-state index in [1.807, 2.05) is 17.0 Å². The van der Waals surface area contributed by atoms with Gasteiger partial charge in [-0.25, -0.2) is 0 Å². The van der Waals surface area contributed by atoms with E-state index in [1.54, 1.807) is 21.1 Å². The second-order valence-electron chi connectivity index (χ2n) is 9.60. The lowest BCUT2D eigenvalue weighted by Gasteiger charge is -2.32. The molecule has 1 amide bonds. The number of rotatable bonds is 9. The van der Waals surface area contributed by atoms with E-state index in [0.29, 0.717) is 18.8 Å². The molecule has 0 spiro atoms. The SMILES string of the molecule is CCc1c(-c2ccc(OC)c(OC)c2)[nH]c2ccc(C3CCN(C(=O)CCCC(C)O)CC3)cc12. The number of methoxy groups -OCH3 is 2. The van der Waals surface area contributed by atoms with Crippen molar-refractivity contribution in [2.45, 2.75) is 64.4 Å². The summed E-state index contributed by atoms with van der Waals surface area (Å²) in [4.78, 5) is 18.2. The molecule has 3 aromatic rings. The maximum absolute atomic E-state index is 12.5. The Hall–Kier alpha value is -2.99. The molecule has 1 aliphatic heterocycles. The van der Waals surface area contributed by atoms with Crippen molar-refractivity contribution in [3.63, 3.8) is 0 Å². The van der Waals surface area contributed by atoms with Gasteiger partial charge in [0, 0.05) is 41.7 Å². The minimum atomic E-state index is -0.336. The van der Waals surface area contributed by atoms with Gasteiger partial charge in [0.15, 0.2) is 11.5 Å². The zero-order valence-corrected chi connectivity index (χ0v) is 21.4. The number of aromatic amines is 1. The van der Waals surface area contributed by atoms with Crippen LogP contribution in [-0.2, 0) is 11.2 Å². The van der Waals surface area contributed by atoms with Crippen LogP contribution in [0, 0.1) is 0 Å². The van der Waals surface area contributed by atoms with Crippen molar-refractivity contribution < 1.29 is 19.4 Å². The zero-order valence-electron chi connectivity index (χ0n) is 21.4. The van der Waals surface area contributed by atoms with Crippen molar-refractivity contribution in [1.82, 2.24) is 9.88 Å². The highest BCUT2D eigenvalue weighted by Gasteiger charge is 2.24. The molecule has 4 rings (SSSR count). The molecular formula is C29H38N2O4. The van der Waals surface area contributed by atoms with Crippen LogP contribution >= 0.6 is 0 Å². The average Bonchev–Trinajstić information content (AvgIpc) is 3.25. The van der Waals surface area contributed by atoms with Gasteiger partial charge in [-0.3, -0.25) is 4.79 Å². The fraction of sp³-hybridized carbons (Fsp3) is 0.483. The molecule has 2 aromatic carbocycles. The molecule has 0 radical (unpaired) electrons. The van der Waals surface area contributed by atoms with E-state index in [9.17, 15) is 9.90 Å². The molecule has 2 N–H and O–H groups in total. The van der Waals surface area contributed by atoms with Crippen LogP contribution < -0.4 is 9.47 Å². The number of aliphatic hydroxyl groups is 1. The van der Waals surface area contributed by atoms with Crippen LogP contribution in [0.15, 0.2) is 36.4 Å². The van der Waals surface area contributed by atoms with Gasteiger partial charge in [0.2, 0.25) is 5.91 Å². The Balaban J connectivity index is 1.51. The van der Waals surface area contributed by atoms with Gasteiger partial charge >= 0.3 is 0 Å². The fourth-order valence-electron chi connectivity index (χ4n) is 5.29. The Labute approximate surface area is 208 Å². The lowest BCUT2D eigenvalue weighted by Crippen LogP contribution is -2.37. The summed E-state index contributed by atoms with van der Waals surface area (Å²) in [5, 5.41) is 10.7. The number of nitrogens with one attached hydrogen (secondary N) is 1. The number of H-pyrrole nitrogens is 1. The van der Waals surface area contributed by atoms with Gasteiger partial charge in [-0.1, -0.05) is 13.0 Å². The standard InChI is InChI=1S/C29H38N2O4/c1-5-23-24-17-21(20-13-15-31(16-14-20)28(33)8-6-7-19(2)32)9-11-25(24)30-29(23)22-10-12-26(34-3)27(18-22)35-4/h9-12,17-20,30,32H,5-8,13-16H2,1-4H3. The third-order valence-electron chi connectivity index (χ3n) is 7.29. The molecule has 1 unspecified atom stereocenters. The minimum absolute atomic E-state index is 0.220. The number of piperidine rings is 1. The predicted octanol–water partition coefficient (Wildman–Crippen LogP) is 5.67. The van der Waals surface area contributed by atoms with E-state index in [0.717, 1.165) is 67.0 Å². The van der Waals surface area contributed by atoms with Gasteiger partial charge in [0.25, 0.3) is 0 Å². The molecule has 1 aliphatic rings. The Morgan fingerprint density at radius 1 is 1.11 bits per heavy atom. The number of fused-ring (bicyclic) bond motifs is 1. The number of hydrogen-bond acceptors (Lipinski definition) is 4. The summed E-state index contributed by atoms with van der Waals surface area (Å²) in [6.07, 6.45) is 4.53. The first kappa shape index (κ1) is 25.1. The maximum atomic E-state index is 12.5. The number of ether oxygens (including phenoxy) is 2. The maximum Gasteiger partial charge on any atom is 0.222 e. The second kappa shape index (κ2) is 11.2. The van der Waals surface area contributed by atoms with E-state index < -0.39 is 0 Å². The molecule has 6 nitrogen and oxygen atoms in total. The van der Waals surface area contributed by atoms with Crippen LogP contribution in [0.2, 0.25) is 0 Å². The van der Waals surface area contributed by atoms with E-state index in [-0.39, 0.29) is 12.0 Å². The summed E-state index contributed by atoms with van der Waals surface area (Å²) >= 11 is 0. The molecular weight excluding hydrogens is 440 g/mol. The summed E-state index contributed by atoms with van der Waals surface area (Å²) in [6, 6.07) is 12.8. The minimum Gasteiger partial charge on any atom is -0.493 e. The first-order valence-electron chi connectivity index (χ1n) is 12.8. The van der Waals surface area contributed by atoms with Crippen LogP contribution in [0.3, 0.4) is 0 Å². The first-order valence-corrected chi connectivity index (χ1v) is 12.8. The average molecular weight is 479 g/mol. The second-order valence-corrected chi connectivity index (χ2v) is 9.60. The van der Waals surface area contributed by atoms with Crippen molar-refractivity contribution in [1.29, 1.82) is 0 Å².